The second-order valence-corrected chi connectivity index (χ2v) is 13.4. The molecule has 208 valence electrons. The van der Waals surface area contributed by atoms with E-state index in [1.165, 1.54) is 23.1 Å². The van der Waals surface area contributed by atoms with Crippen LogP contribution in [0.25, 0.3) is 11.4 Å². The molecule has 0 unspecified atom stereocenters. The number of anilines is 1. The number of allylic oxidation sites excluding steroid dienone is 1. The molecule has 0 bridgehead atoms. The number of halogens is 1. The molecule has 1 aliphatic rings. The summed E-state index contributed by atoms with van der Waals surface area (Å²) >= 11 is 6.13. The summed E-state index contributed by atoms with van der Waals surface area (Å²) in [6, 6.07) is 5.08. The van der Waals surface area contributed by atoms with Crippen molar-refractivity contribution in [2.75, 3.05) is 17.7 Å². The van der Waals surface area contributed by atoms with Gasteiger partial charge < -0.3 is 15.2 Å². The lowest BCUT2D eigenvalue weighted by atomic mass is 9.72. The number of carbonyl (C=O) groups excluding carboxylic acids is 2. The van der Waals surface area contributed by atoms with Crippen LogP contribution >= 0.6 is 39.0 Å². The molecule has 2 aromatic heterocycles. The molecule has 1 atom stereocenters. The number of ether oxygens (including phenoxy) is 1. The molecule has 0 fully saturated rings. The monoisotopic (exact) mass is 632 g/mol. The predicted octanol–water partition coefficient (Wildman–Crippen LogP) is 6.72. The largest absolute Gasteiger partial charge is 0.507 e. The summed E-state index contributed by atoms with van der Waals surface area (Å²) in [5, 5.41) is 22.9. The fourth-order valence-electron chi connectivity index (χ4n) is 4.70. The Morgan fingerprint density at radius 1 is 1.36 bits per heavy atom. The number of aromatic nitrogens is 3. The number of phenols is 1. The Labute approximate surface area is 245 Å². The fourth-order valence-corrected chi connectivity index (χ4v) is 7.14. The van der Waals surface area contributed by atoms with E-state index in [0.29, 0.717) is 39.6 Å². The minimum atomic E-state index is -0.392. The number of amides is 1. The molecular weight excluding hydrogens is 600 g/mol. The van der Waals surface area contributed by atoms with Crippen molar-refractivity contribution in [2.45, 2.75) is 58.7 Å². The van der Waals surface area contributed by atoms with E-state index < -0.39 is 5.97 Å². The lowest BCUT2D eigenvalue weighted by Gasteiger charge is -2.33. The maximum absolute atomic E-state index is 13.1. The van der Waals surface area contributed by atoms with Crippen LogP contribution in [0.2, 0.25) is 0 Å². The first kappa shape index (κ1) is 29.4. The highest BCUT2D eigenvalue weighted by molar-refractivity contribution is 9.10. The molecule has 3 aromatic rings. The summed E-state index contributed by atoms with van der Waals surface area (Å²) in [5.41, 5.74) is 2.18. The van der Waals surface area contributed by atoms with Crippen molar-refractivity contribution in [1.82, 2.24) is 14.8 Å². The number of nitrogens with one attached hydrogen (secondary N) is 1. The van der Waals surface area contributed by atoms with E-state index in [0.717, 1.165) is 34.2 Å². The van der Waals surface area contributed by atoms with Gasteiger partial charge in [0, 0.05) is 15.9 Å². The highest BCUT2D eigenvalue weighted by atomic mass is 79.9. The summed E-state index contributed by atoms with van der Waals surface area (Å²) in [6.45, 7) is 13.0. The average Bonchev–Trinajstić information content (AvgIpc) is 3.44. The SMILES string of the molecule is C=CCn1c(SCC(=O)Nc2sc3c(c2C(=O)OCC)CC[C@@H](C(C)(C)C)C3)nnc1-c1cc(Br)ccc1O. The third kappa shape index (κ3) is 6.58. The Morgan fingerprint density at radius 3 is 2.82 bits per heavy atom. The first-order valence-electron chi connectivity index (χ1n) is 12.8. The van der Waals surface area contributed by atoms with E-state index in [2.05, 4.69) is 58.8 Å². The van der Waals surface area contributed by atoms with Crippen LogP contribution in [0, 0.1) is 11.3 Å². The maximum Gasteiger partial charge on any atom is 0.341 e. The second kappa shape index (κ2) is 12.3. The zero-order valence-electron chi connectivity index (χ0n) is 22.5. The smallest absolute Gasteiger partial charge is 0.341 e. The summed E-state index contributed by atoms with van der Waals surface area (Å²) in [5.74, 6) is 0.475. The van der Waals surface area contributed by atoms with Gasteiger partial charge in [0.25, 0.3) is 0 Å². The number of aromatic hydroxyl groups is 1. The number of carbonyl (C=O) groups is 2. The Bertz CT molecular complexity index is 1390. The fraction of sp³-hybridized carbons (Fsp3) is 0.429. The van der Waals surface area contributed by atoms with Crippen LogP contribution < -0.4 is 5.32 Å². The number of thiophene rings is 1. The van der Waals surface area contributed by atoms with Crippen LogP contribution in [0.3, 0.4) is 0 Å². The number of nitrogens with zero attached hydrogens (tertiary/aromatic N) is 3. The molecule has 8 nitrogen and oxygen atoms in total. The van der Waals surface area contributed by atoms with Crippen molar-refractivity contribution in [1.29, 1.82) is 0 Å². The van der Waals surface area contributed by atoms with Gasteiger partial charge in [0.05, 0.1) is 23.5 Å². The Morgan fingerprint density at radius 2 is 2.13 bits per heavy atom. The van der Waals surface area contributed by atoms with Gasteiger partial charge in [0.1, 0.15) is 10.8 Å². The van der Waals surface area contributed by atoms with Crippen molar-refractivity contribution < 1.29 is 19.4 Å². The van der Waals surface area contributed by atoms with Crippen molar-refractivity contribution in [3.8, 4) is 17.1 Å². The quantitative estimate of drug-likeness (QED) is 0.153. The number of esters is 1. The van der Waals surface area contributed by atoms with Crippen molar-refractivity contribution in [3.63, 3.8) is 0 Å². The normalized spacial score (nSPS) is 15.1. The van der Waals surface area contributed by atoms with Gasteiger partial charge in [-0.05, 0) is 61.3 Å². The van der Waals surface area contributed by atoms with Gasteiger partial charge >= 0.3 is 5.97 Å². The maximum atomic E-state index is 13.1. The molecule has 0 aliphatic heterocycles. The number of fused-ring (bicyclic) bond motifs is 1. The zero-order chi connectivity index (χ0) is 28.3. The van der Waals surface area contributed by atoms with E-state index in [4.69, 9.17) is 4.74 Å². The highest BCUT2D eigenvalue weighted by Gasteiger charge is 2.34. The number of benzene rings is 1. The van der Waals surface area contributed by atoms with E-state index in [9.17, 15) is 14.7 Å². The second-order valence-electron chi connectivity index (χ2n) is 10.4. The topological polar surface area (TPSA) is 106 Å². The number of hydrogen-bond acceptors (Lipinski definition) is 8. The van der Waals surface area contributed by atoms with E-state index in [-0.39, 0.29) is 29.4 Å². The van der Waals surface area contributed by atoms with Gasteiger partial charge in [-0.3, -0.25) is 9.36 Å². The predicted molar refractivity (Wildman–Crippen MR) is 160 cm³/mol. The minimum absolute atomic E-state index is 0.0647. The zero-order valence-corrected chi connectivity index (χ0v) is 25.8. The highest BCUT2D eigenvalue weighted by Crippen LogP contribution is 2.44. The summed E-state index contributed by atoms with van der Waals surface area (Å²) in [7, 11) is 0. The first-order valence-corrected chi connectivity index (χ1v) is 15.4. The Hall–Kier alpha value is -2.63. The van der Waals surface area contributed by atoms with E-state index in [1.807, 2.05) is 0 Å². The van der Waals surface area contributed by atoms with Crippen molar-refractivity contribution >= 4 is 55.9 Å². The van der Waals surface area contributed by atoms with Crippen LogP contribution in [0.15, 0.2) is 40.5 Å². The molecule has 0 spiro atoms. The Kier molecular flexibility index (Phi) is 9.23. The molecule has 39 heavy (non-hydrogen) atoms. The molecule has 1 aromatic carbocycles. The molecule has 4 rings (SSSR count). The lowest BCUT2D eigenvalue weighted by Crippen LogP contribution is -2.26. The number of phenolic OH excluding ortho intramolecular Hbond substituents is 1. The van der Waals surface area contributed by atoms with Gasteiger partial charge in [0.2, 0.25) is 5.91 Å². The van der Waals surface area contributed by atoms with Gasteiger partial charge in [-0.25, -0.2) is 4.79 Å². The summed E-state index contributed by atoms with van der Waals surface area (Å²) in [6.07, 6.45) is 4.38. The molecule has 1 amide bonds. The van der Waals surface area contributed by atoms with Crippen LogP contribution in [-0.2, 0) is 28.9 Å². The number of hydrogen-bond donors (Lipinski definition) is 2. The Balaban J connectivity index is 1.54. The minimum Gasteiger partial charge on any atom is -0.507 e. The van der Waals surface area contributed by atoms with E-state index in [1.54, 1.807) is 35.8 Å². The molecule has 0 radical (unpaired) electrons. The number of thioether (sulfide) groups is 1. The molecular formula is C28H33BrN4O4S2. The molecule has 0 saturated heterocycles. The van der Waals surface area contributed by atoms with Crippen LogP contribution in [0.4, 0.5) is 5.00 Å². The lowest BCUT2D eigenvalue weighted by molar-refractivity contribution is -0.113. The third-order valence-corrected chi connectivity index (χ3v) is 9.41. The third-order valence-electron chi connectivity index (χ3n) is 6.78. The van der Waals surface area contributed by atoms with Crippen molar-refractivity contribution in [3.05, 3.63) is 51.3 Å². The van der Waals surface area contributed by atoms with Crippen LogP contribution in [-0.4, -0.2) is 44.1 Å². The van der Waals surface area contributed by atoms with Gasteiger partial charge in [-0.2, -0.15) is 0 Å². The van der Waals surface area contributed by atoms with Gasteiger partial charge in [-0.1, -0.05) is 54.5 Å². The van der Waals surface area contributed by atoms with Crippen molar-refractivity contribution in [2.24, 2.45) is 11.3 Å². The first-order chi connectivity index (χ1) is 18.5. The molecule has 0 saturated carbocycles. The standard InChI is InChI=1S/C28H33BrN4O4S2/c1-6-12-33-24(19-14-17(29)9-11-20(19)34)31-32-27(33)38-15-22(35)30-25-23(26(36)37-7-2)18-10-8-16(28(3,4)5)13-21(18)39-25/h6,9,11,14,16,34H,1,7-8,10,12-13,15H2,2-5H3,(H,30,35)/t16-/m1/s1. The molecule has 2 heterocycles. The molecule has 11 heteroatoms. The van der Waals surface area contributed by atoms with Gasteiger partial charge in [-0.15, -0.1) is 28.1 Å². The van der Waals surface area contributed by atoms with E-state index >= 15 is 0 Å². The van der Waals surface area contributed by atoms with Crippen LogP contribution in [0.1, 0.15) is 54.9 Å². The number of rotatable bonds is 9. The summed E-state index contributed by atoms with van der Waals surface area (Å²) < 4.78 is 7.95. The van der Waals surface area contributed by atoms with Crippen LogP contribution in [0.5, 0.6) is 5.75 Å². The average molecular weight is 634 g/mol. The van der Waals surface area contributed by atoms with Gasteiger partial charge in [0.15, 0.2) is 11.0 Å². The molecule has 1 aliphatic carbocycles. The summed E-state index contributed by atoms with van der Waals surface area (Å²) in [4.78, 5) is 27.2. The molecule has 2 N–H and O–H groups in total.